The number of hydrogen-bond acceptors (Lipinski definition) is 8. The summed E-state index contributed by atoms with van der Waals surface area (Å²) in [6.45, 7) is -0.542. The van der Waals surface area contributed by atoms with Crippen LogP contribution < -0.4 is 11.2 Å². The number of aromatic nitrogens is 4. The Kier molecular flexibility index (Phi) is 3.62. The van der Waals surface area contributed by atoms with Crippen LogP contribution in [0.4, 0.5) is 0 Å². The molecular formula is C15H14N4O6. The molecule has 2 aromatic heterocycles. The highest BCUT2D eigenvalue weighted by Gasteiger charge is 2.44. The topological polar surface area (TPSA) is 151 Å². The summed E-state index contributed by atoms with van der Waals surface area (Å²) in [4.78, 5) is 35.1. The van der Waals surface area contributed by atoms with Crippen molar-refractivity contribution in [2.75, 3.05) is 6.61 Å². The van der Waals surface area contributed by atoms with E-state index in [-0.39, 0.29) is 11.2 Å². The van der Waals surface area contributed by atoms with Gasteiger partial charge in [0, 0.05) is 0 Å². The molecule has 0 unspecified atom stereocenters. The first kappa shape index (κ1) is 15.8. The Bertz CT molecular complexity index is 1080. The molecule has 25 heavy (non-hydrogen) atoms. The lowest BCUT2D eigenvalue weighted by Crippen LogP contribution is -2.39. The fourth-order valence-corrected chi connectivity index (χ4v) is 2.95. The van der Waals surface area contributed by atoms with Crippen molar-refractivity contribution >= 4 is 22.2 Å². The van der Waals surface area contributed by atoms with Gasteiger partial charge in [-0.15, -0.1) is 0 Å². The van der Waals surface area contributed by atoms with Crippen molar-refractivity contribution in [3.8, 4) is 0 Å². The zero-order chi connectivity index (χ0) is 17.7. The van der Waals surface area contributed by atoms with Crippen LogP contribution in [0.3, 0.4) is 0 Å². The fourth-order valence-electron chi connectivity index (χ4n) is 2.95. The maximum atomic E-state index is 12.3. The third-order valence-corrected chi connectivity index (χ3v) is 4.21. The molecule has 0 radical (unpaired) electrons. The minimum Gasteiger partial charge on any atom is -0.394 e. The molecule has 130 valence electrons. The van der Waals surface area contributed by atoms with E-state index in [0.717, 1.165) is 4.57 Å². The quantitative estimate of drug-likeness (QED) is 0.399. The van der Waals surface area contributed by atoms with Crippen molar-refractivity contribution < 1.29 is 20.1 Å². The van der Waals surface area contributed by atoms with E-state index in [0.29, 0.717) is 11.0 Å². The van der Waals surface area contributed by atoms with Crippen LogP contribution in [-0.4, -0.2) is 59.8 Å². The molecule has 4 rings (SSSR count). The Morgan fingerprint density at radius 2 is 1.80 bits per heavy atom. The molecule has 1 fully saturated rings. The Labute approximate surface area is 139 Å². The standard InChI is InChI=1S/C15H14N4O6/c20-5-8-10(21)11(22)14(25-8)19-12-9(13(23)18-15(19)24)16-6-3-1-2-4-7(6)17-12/h1-4,8,10-11,14,20-22H,5H2,(H,18,23,24)/t8-,10-,11-,14-/m1/s1. The van der Waals surface area contributed by atoms with Gasteiger partial charge in [-0.2, -0.15) is 0 Å². The minimum atomic E-state index is -1.49. The average Bonchev–Trinajstić information content (AvgIpc) is 2.89. The molecule has 3 aromatic rings. The second-order valence-corrected chi connectivity index (χ2v) is 5.74. The van der Waals surface area contributed by atoms with Gasteiger partial charge in [-0.25, -0.2) is 19.3 Å². The first-order chi connectivity index (χ1) is 12.0. The number of fused-ring (bicyclic) bond motifs is 2. The van der Waals surface area contributed by atoms with Crippen LogP contribution in [0.5, 0.6) is 0 Å². The lowest BCUT2D eigenvalue weighted by atomic mass is 10.1. The number of para-hydroxylation sites is 2. The second-order valence-electron chi connectivity index (χ2n) is 5.74. The zero-order valence-corrected chi connectivity index (χ0v) is 12.7. The van der Waals surface area contributed by atoms with Gasteiger partial charge in [-0.3, -0.25) is 9.78 Å². The molecule has 1 saturated heterocycles. The Hall–Kier alpha value is -2.66. The third-order valence-electron chi connectivity index (χ3n) is 4.21. The van der Waals surface area contributed by atoms with E-state index in [2.05, 4.69) is 15.0 Å². The van der Waals surface area contributed by atoms with Crippen molar-refractivity contribution in [1.82, 2.24) is 19.5 Å². The van der Waals surface area contributed by atoms with Crippen molar-refractivity contribution in [2.45, 2.75) is 24.5 Å². The van der Waals surface area contributed by atoms with Gasteiger partial charge in [0.25, 0.3) is 5.56 Å². The van der Waals surface area contributed by atoms with E-state index in [1.165, 1.54) is 0 Å². The number of ether oxygens (including phenoxy) is 1. The largest absolute Gasteiger partial charge is 0.394 e. The lowest BCUT2D eigenvalue weighted by Gasteiger charge is -2.18. The molecule has 0 aliphatic carbocycles. The van der Waals surface area contributed by atoms with Crippen LogP contribution in [0.2, 0.25) is 0 Å². The molecule has 10 heteroatoms. The molecular weight excluding hydrogens is 332 g/mol. The number of nitrogens with zero attached hydrogens (tertiary/aromatic N) is 3. The first-order valence-corrected chi connectivity index (χ1v) is 7.55. The van der Waals surface area contributed by atoms with Gasteiger partial charge in [0.05, 0.1) is 17.6 Å². The lowest BCUT2D eigenvalue weighted by molar-refractivity contribution is -0.0530. The summed E-state index contributed by atoms with van der Waals surface area (Å²) >= 11 is 0. The van der Waals surface area contributed by atoms with Crippen LogP contribution in [0.25, 0.3) is 22.2 Å². The second kappa shape index (κ2) is 5.70. The van der Waals surface area contributed by atoms with E-state index in [4.69, 9.17) is 4.74 Å². The van der Waals surface area contributed by atoms with E-state index in [1.54, 1.807) is 24.3 Å². The smallest absolute Gasteiger partial charge is 0.332 e. The SMILES string of the molecule is O=c1[nH]c(=O)n([C@@H]2O[C@H](CO)[C@@H](O)[C@H]2O)c2nc3ccccc3nc12. The molecule has 0 saturated carbocycles. The van der Waals surface area contributed by atoms with Gasteiger partial charge < -0.3 is 20.1 Å². The van der Waals surface area contributed by atoms with Gasteiger partial charge in [0.2, 0.25) is 0 Å². The van der Waals surface area contributed by atoms with E-state index >= 15 is 0 Å². The third kappa shape index (κ3) is 2.35. The maximum Gasteiger partial charge on any atom is 0.332 e. The Balaban J connectivity index is 2.02. The highest BCUT2D eigenvalue weighted by atomic mass is 16.6. The molecule has 10 nitrogen and oxygen atoms in total. The highest BCUT2D eigenvalue weighted by Crippen LogP contribution is 2.29. The summed E-state index contributed by atoms with van der Waals surface area (Å²) in [5.74, 6) is 0. The van der Waals surface area contributed by atoms with E-state index < -0.39 is 42.4 Å². The summed E-state index contributed by atoms with van der Waals surface area (Å²) < 4.78 is 6.32. The predicted octanol–water partition coefficient (Wildman–Crippen LogP) is -1.76. The van der Waals surface area contributed by atoms with Gasteiger partial charge >= 0.3 is 5.69 Å². The molecule has 0 amide bonds. The van der Waals surface area contributed by atoms with Crippen LogP contribution >= 0.6 is 0 Å². The van der Waals surface area contributed by atoms with Gasteiger partial charge in [0.15, 0.2) is 17.4 Å². The molecule has 0 spiro atoms. The molecule has 4 atom stereocenters. The van der Waals surface area contributed by atoms with Crippen LogP contribution in [0.15, 0.2) is 33.9 Å². The van der Waals surface area contributed by atoms with Gasteiger partial charge in [-0.1, -0.05) is 12.1 Å². The van der Waals surface area contributed by atoms with Gasteiger partial charge in [-0.05, 0) is 12.1 Å². The summed E-state index contributed by atoms with van der Waals surface area (Å²) in [7, 11) is 0. The summed E-state index contributed by atoms with van der Waals surface area (Å²) in [5.41, 5.74) is -0.858. The Morgan fingerprint density at radius 3 is 2.44 bits per heavy atom. The van der Waals surface area contributed by atoms with Crippen molar-refractivity contribution in [3.05, 3.63) is 45.1 Å². The number of aliphatic hydroxyl groups is 3. The monoisotopic (exact) mass is 346 g/mol. The van der Waals surface area contributed by atoms with Crippen LogP contribution in [-0.2, 0) is 4.74 Å². The number of aliphatic hydroxyl groups excluding tert-OH is 3. The number of aromatic amines is 1. The Morgan fingerprint density at radius 1 is 1.12 bits per heavy atom. The molecule has 4 N–H and O–H groups in total. The summed E-state index contributed by atoms with van der Waals surface area (Å²) in [5, 5.41) is 29.3. The predicted molar refractivity (Wildman–Crippen MR) is 84.9 cm³/mol. The number of nitrogens with one attached hydrogen (secondary N) is 1. The average molecular weight is 346 g/mol. The van der Waals surface area contributed by atoms with Gasteiger partial charge in [0.1, 0.15) is 18.3 Å². The van der Waals surface area contributed by atoms with Crippen LogP contribution in [0, 0.1) is 0 Å². The molecule has 1 aliphatic rings. The number of H-pyrrole nitrogens is 1. The number of hydrogen-bond donors (Lipinski definition) is 4. The molecule has 0 bridgehead atoms. The van der Waals surface area contributed by atoms with Crippen molar-refractivity contribution in [1.29, 1.82) is 0 Å². The zero-order valence-electron chi connectivity index (χ0n) is 12.7. The summed E-state index contributed by atoms with van der Waals surface area (Å²) in [6, 6.07) is 6.79. The van der Waals surface area contributed by atoms with Crippen molar-refractivity contribution in [3.63, 3.8) is 0 Å². The highest BCUT2D eigenvalue weighted by molar-refractivity contribution is 5.83. The fraction of sp³-hybridized carbons (Fsp3) is 0.333. The van der Waals surface area contributed by atoms with E-state index in [1.807, 2.05) is 0 Å². The number of benzene rings is 1. The number of rotatable bonds is 2. The minimum absolute atomic E-state index is 0.0812. The maximum absolute atomic E-state index is 12.3. The molecule has 3 heterocycles. The molecule has 1 aliphatic heterocycles. The first-order valence-electron chi connectivity index (χ1n) is 7.55. The summed E-state index contributed by atoms with van der Waals surface area (Å²) in [6.07, 6.45) is -5.27. The normalized spacial score (nSPS) is 26.5. The van der Waals surface area contributed by atoms with E-state index in [9.17, 15) is 24.9 Å². The molecule has 1 aromatic carbocycles. The van der Waals surface area contributed by atoms with Crippen molar-refractivity contribution in [2.24, 2.45) is 0 Å². The van der Waals surface area contributed by atoms with Crippen LogP contribution in [0.1, 0.15) is 6.23 Å².